The van der Waals surface area contributed by atoms with E-state index in [1.807, 2.05) is 48.6 Å². The van der Waals surface area contributed by atoms with E-state index in [2.05, 4.69) is 29.0 Å². The highest BCUT2D eigenvalue weighted by molar-refractivity contribution is 7.13. The Hall–Kier alpha value is -1.96. The molecule has 2 heterocycles. The molecule has 26 heavy (non-hydrogen) atoms. The lowest BCUT2D eigenvalue weighted by Gasteiger charge is -2.34. The zero-order valence-corrected chi connectivity index (χ0v) is 16.5. The van der Waals surface area contributed by atoms with Crippen molar-refractivity contribution in [1.29, 1.82) is 0 Å². The molecule has 1 amide bonds. The number of benzene rings is 1. The average Bonchev–Trinajstić information content (AvgIpc) is 3.00. The smallest absolute Gasteiger partial charge is 0.257 e. The molecular formula is C19H26N4O2S. The van der Waals surface area contributed by atoms with Crippen molar-refractivity contribution in [2.45, 2.75) is 32.6 Å². The lowest BCUT2D eigenvalue weighted by Crippen LogP contribution is -2.44. The molecular weight excluding hydrogens is 348 g/mol. The normalized spacial score (nSPS) is 20.8. The van der Waals surface area contributed by atoms with Crippen LogP contribution >= 0.6 is 11.3 Å². The molecule has 0 spiro atoms. The number of nitrogens with one attached hydrogen (secondary N) is 1. The molecule has 0 aliphatic carbocycles. The molecule has 0 unspecified atom stereocenters. The molecule has 7 heteroatoms. The third-order valence-corrected chi connectivity index (χ3v) is 5.08. The minimum Gasteiger partial charge on any atom is -0.378 e. The highest BCUT2D eigenvalue weighted by atomic mass is 32.1. The molecule has 0 bridgehead atoms. The van der Waals surface area contributed by atoms with Crippen molar-refractivity contribution in [2.24, 2.45) is 0 Å². The van der Waals surface area contributed by atoms with Gasteiger partial charge in [0, 0.05) is 50.4 Å². The molecule has 3 rings (SSSR count). The fraction of sp³-hybridized carbons (Fsp3) is 0.474. The van der Waals surface area contributed by atoms with Crippen LogP contribution in [0.2, 0.25) is 0 Å². The highest BCUT2D eigenvalue weighted by Crippen LogP contribution is 2.21. The van der Waals surface area contributed by atoms with Crippen molar-refractivity contribution < 1.29 is 9.53 Å². The van der Waals surface area contributed by atoms with Crippen LogP contribution in [0.5, 0.6) is 0 Å². The molecule has 2 atom stereocenters. The molecule has 1 aliphatic rings. The number of thiazole rings is 1. The van der Waals surface area contributed by atoms with Crippen LogP contribution in [-0.2, 0) is 11.3 Å². The van der Waals surface area contributed by atoms with E-state index in [1.165, 1.54) is 11.3 Å². The summed E-state index contributed by atoms with van der Waals surface area (Å²) in [4.78, 5) is 21.4. The second-order valence-corrected chi connectivity index (χ2v) is 7.85. The summed E-state index contributed by atoms with van der Waals surface area (Å²) in [6.45, 7) is 6.77. The lowest BCUT2D eigenvalue weighted by molar-refractivity contribution is -0.0707. The van der Waals surface area contributed by atoms with Gasteiger partial charge in [-0.05, 0) is 32.0 Å². The number of amides is 1. The summed E-state index contributed by atoms with van der Waals surface area (Å²) < 4.78 is 5.77. The number of anilines is 2. The lowest BCUT2D eigenvalue weighted by atomic mass is 10.2. The van der Waals surface area contributed by atoms with Gasteiger partial charge in [-0.1, -0.05) is 6.07 Å². The average molecular weight is 375 g/mol. The number of hydrogen-bond donors (Lipinski definition) is 1. The Balaban J connectivity index is 1.61. The second kappa shape index (κ2) is 8.16. The van der Waals surface area contributed by atoms with Gasteiger partial charge in [-0.3, -0.25) is 15.0 Å². The van der Waals surface area contributed by atoms with E-state index in [4.69, 9.17) is 4.74 Å². The Labute approximate surface area is 158 Å². The van der Waals surface area contributed by atoms with Gasteiger partial charge < -0.3 is 9.64 Å². The maximum atomic E-state index is 12.5. The maximum absolute atomic E-state index is 12.5. The molecule has 140 valence electrons. The van der Waals surface area contributed by atoms with Crippen LogP contribution in [0.15, 0.2) is 29.6 Å². The van der Waals surface area contributed by atoms with E-state index in [9.17, 15) is 4.79 Å². The predicted octanol–water partition coefficient (Wildman–Crippen LogP) is 3.07. The van der Waals surface area contributed by atoms with Crippen LogP contribution in [-0.4, -0.2) is 55.2 Å². The molecule has 6 nitrogen and oxygen atoms in total. The van der Waals surface area contributed by atoms with E-state index in [0.717, 1.165) is 31.0 Å². The van der Waals surface area contributed by atoms with Crippen molar-refractivity contribution in [3.8, 4) is 0 Å². The minimum atomic E-state index is -0.136. The van der Waals surface area contributed by atoms with Gasteiger partial charge >= 0.3 is 0 Å². The van der Waals surface area contributed by atoms with E-state index in [1.54, 1.807) is 0 Å². The van der Waals surface area contributed by atoms with Crippen LogP contribution in [0.1, 0.15) is 29.9 Å². The first-order valence-electron chi connectivity index (χ1n) is 8.81. The van der Waals surface area contributed by atoms with Gasteiger partial charge in [0.25, 0.3) is 5.91 Å². The zero-order chi connectivity index (χ0) is 18.7. The summed E-state index contributed by atoms with van der Waals surface area (Å²) in [5, 5.41) is 5.55. The molecule has 0 radical (unpaired) electrons. The second-order valence-electron chi connectivity index (χ2n) is 6.99. The van der Waals surface area contributed by atoms with E-state index < -0.39 is 0 Å². The number of carbonyl (C=O) groups excluding carboxylic acids is 1. The summed E-state index contributed by atoms with van der Waals surface area (Å²) in [5.41, 5.74) is 2.60. The number of hydrogen-bond acceptors (Lipinski definition) is 6. The fourth-order valence-corrected chi connectivity index (χ4v) is 3.87. The number of ether oxygens (including phenoxy) is 1. The topological polar surface area (TPSA) is 57.7 Å². The summed E-state index contributed by atoms with van der Waals surface area (Å²) in [6, 6.07) is 7.55. The largest absolute Gasteiger partial charge is 0.378 e. The van der Waals surface area contributed by atoms with E-state index >= 15 is 0 Å². The van der Waals surface area contributed by atoms with Crippen molar-refractivity contribution in [3.63, 3.8) is 0 Å². The fourth-order valence-electron chi connectivity index (χ4n) is 3.17. The first-order valence-corrected chi connectivity index (χ1v) is 9.69. The molecule has 1 aromatic heterocycles. The van der Waals surface area contributed by atoms with Crippen molar-refractivity contribution in [3.05, 3.63) is 40.9 Å². The SMILES string of the molecule is C[C@@H]1CN(Cc2csc(NC(=O)c3cccc(N(C)C)c3)n2)C[C@H](C)O1. The van der Waals surface area contributed by atoms with Gasteiger partial charge in [0.15, 0.2) is 5.13 Å². The monoisotopic (exact) mass is 374 g/mol. The van der Waals surface area contributed by atoms with Crippen molar-refractivity contribution >= 4 is 28.1 Å². The Morgan fingerprint density at radius 3 is 2.77 bits per heavy atom. The van der Waals surface area contributed by atoms with Crippen LogP contribution in [0.25, 0.3) is 0 Å². The van der Waals surface area contributed by atoms with Gasteiger partial charge in [-0.25, -0.2) is 4.98 Å². The number of carbonyl (C=O) groups is 1. The Kier molecular flexibility index (Phi) is 5.90. The summed E-state index contributed by atoms with van der Waals surface area (Å²) in [6.07, 6.45) is 0.473. The molecule has 1 aliphatic heterocycles. The number of morpholine rings is 1. The molecule has 1 N–H and O–H groups in total. The Morgan fingerprint density at radius 1 is 1.35 bits per heavy atom. The standard InChI is InChI=1S/C19H26N4O2S/c1-13-9-23(10-14(2)25-13)11-16-12-26-19(20-16)21-18(24)15-6-5-7-17(8-15)22(3)4/h5-8,12-14H,9-11H2,1-4H3,(H,20,21,24)/t13-,14+. The van der Waals surface area contributed by atoms with Gasteiger partial charge in [0.05, 0.1) is 17.9 Å². The van der Waals surface area contributed by atoms with E-state index in [-0.39, 0.29) is 18.1 Å². The van der Waals surface area contributed by atoms with Crippen LogP contribution in [0, 0.1) is 0 Å². The number of nitrogens with zero attached hydrogens (tertiary/aromatic N) is 3. The number of aromatic nitrogens is 1. The summed E-state index contributed by atoms with van der Waals surface area (Å²) >= 11 is 1.46. The van der Waals surface area contributed by atoms with Crippen molar-refractivity contribution in [1.82, 2.24) is 9.88 Å². The summed E-state index contributed by atoms with van der Waals surface area (Å²) in [7, 11) is 3.91. The van der Waals surface area contributed by atoms with Gasteiger partial charge in [-0.2, -0.15) is 0 Å². The van der Waals surface area contributed by atoms with Gasteiger partial charge in [0.1, 0.15) is 0 Å². The summed E-state index contributed by atoms with van der Waals surface area (Å²) in [5.74, 6) is -0.136. The predicted molar refractivity (Wildman–Crippen MR) is 106 cm³/mol. The zero-order valence-electron chi connectivity index (χ0n) is 15.7. The Morgan fingerprint density at radius 2 is 2.08 bits per heavy atom. The molecule has 2 aromatic rings. The quantitative estimate of drug-likeness (QED) is 0.872. The highest BCUT2D eigenvalue weighted by Gasteiger charge is 2.22. The van der Waals surface area contributed by atoms with E-state index in [0.29, 0.717) is 10.7 Å². The van der Waals surface area contributed by atoms with Crippen LogP contribution < -0.4 is 10.2 Å². The van der Waals surface area contributed by atoms with Gasteiger partial charge in [0.2, 0.25) is 0 Å². The molecule has 1 fully saturated rings. The first kappa shape index (κ1) is 18.8. The minimum absolute atomic E-state index is 0.136. The first-order chi connectivity index (χ1) is 12.4. The third kappa shape index (κ3) is 4.81. The number of rotatable bonds is 5. The third-order valence-electron chi connectivity index (χ3n) is 4.28. The van der Waals surface area contributed by atoms with Gasteiger partial charge in [-0.15, -0.1) is 11.3 Å². The molecule has 0 saturated carbocycles. The maximum Gasteiger partial charge on any atom is 0.257 e. The Bertz CT molecular complexity index is 752. The molecule has 1 aromatic carbocycles. The molecule has 1 saturated heterocycles. The van der Waals surface area contributed by atoms with Crippen molar-refractivity contribution in [2.75, 3.05) is 37.4 Å². The van der Waals surface area contributed by atoms with Crippen LogP contribution in [0.3, 0.4) is 0 Å². The van der Waals surface area contributed by atoms with Crippen LogP contribution in [0.4, 0.5) is 10.8 Å².